The Bertz CT molecular complexity index is 1250. The van der Waals surface area contributed by atoms with Crippen molar-refractivity contribution in [2.45, 2.75) is 25.9 Å². The van der Waals surface area contributed by atoms with Gasteiger partial charge in [-0.3, -0.25) is 0 Å². The predicted molar refractivity (Wildman–Crippen MR) is 136 cm³/mol. The summed E-state index contributed by atoms with van der Waals surface area (Å²) in [6.07, 6.45) is 7.59. The number of nitrogens with zero attached hydrogens (tertiary/aromatic N) is 4. The summed E-state index contributed by atoms with van der Waals surface area (Å²) in [5, 5.41) is 12.8. The molecule has 4 aromatic rings. The maximum absolute atomic E-state index is 9.85. The van der Waals surface area contributed by atoms with Gasteiger partial charge in [0.2, 0.25) is 0 Å². The Balaban J connectivity index is 0.000000514. The second-order valence-electron chi connectivity index (χ2n) is 8.39. The number of rotatable bonds is 7. The van der Waals surface area contributed by atoms with Gasteiger partial charge in [-0.05, 0) is 51.1 Å². The second-order valence-corrected chi connectivity index (χ2v) is 8.39. The third kappa shape index (κ3) is 6.33. The molecule has 35 heavy (non-hydrogen) atoms. The Morgan fingerprint density at radius 1 is 1.17 bits per heavy atom. The topological polar surface area (TPSA) is 120 Å². The minimum absolute atomic E-state index is 0.192. The normalized spacial score (nSPS) is 13.9. The monoisotopic (exact) mass is 476 g/mol. The van der Waals surface area contributed by atoms with Crippen LogP contribution in [0.25, 0.3) is 28.3 Å². The summed E-state index contributed by atoms with van der Waals surface area (Å²) in [4.78, 5) is 13.6. The molecule has 1 saturated heterocycles. The highest BCUT2D eigenvalue weighted by Gasteiger charge is 2.14. The SMILES string of the molecule is C1CCOC1.CNCC(O)COc1cccc(-c2nc(N)c(C)c(-c3ccc4nccn4c3)n2)c1. The van der Waals surface area contributed by atoms with Crippen molar-refractivity contribution in [3.63, 3.8) is 0 Å². The molecule has 0 radical (unpaired) electrons. The van der Waals surface area contributed by atoms with Crippen molar-refractivity contribution in [1.82, 2.24) is 24.7 Å². The predicted octanol–water partition coefficient (Wildman–Crippen LogP) is 3.10. The van der Waals surface area contributed by atoms with Gasteiger partial charge in [0.15, 0.2) is 5.82 Å². The number of nitrogens with two attached hydrogens (primary N) is 1. The number of aliphatic hydroxyl groups excluding tert-OH is 1. The standard InChI is InChI=1S/C22H24N6O2.C4H8O/c1-14-20(16-6-7-19-25-8-9-28(19)12-16)26-22(27-21(14)23)15-4-3-5-18(10-15)30-13-17(29)11-24-2;1-2-4-5-3-1/h3-10,12,17,24,29H,11,13H2,1-2H3,(H2,23,26,27);1-4H2. The fourth-order valence-electron chi connectivity index (χ4n) is 3.73. The van der Waals surface area contributed by atoms with Crippen molar-refractivity contribution < 1.29 is 14.6 Å². The summed E-state index contributed by atoms with van der Waals surface area (Å²) in [6, 6.07) is 11.4. The first-order valence-electron chi connectivity index (χ1n) is 11.8. The Hall–Kier alpha value is -3.53. The van der Waals surface area contributed by atoms with E-state index in [-0.39, 0.29) is 6.61 Å². The Labute approximate surface area is 205 Å². The van der Waals surface area contributed by atoms with Crippen LogP contribution < -0.4 is 15.8 Å². The van der Waals surface area contributed by atoms with Crippen LogP contribution in [-0.2, 0) is 4.74 Å². The Morgan fingerprint density at radius 2 is 2.00 bits per heavy atom. The van der Waals surface area contributed by atoms with Crippen molar-refractivity contribution in [1.29, 1.82) is 0 Å². The lowest BCUT2D eigenvalue weighted by atomic mass is 10.1. The van der Waals surface area contributed by atoms with E-state index >= 15 is 0 Å². The number of aromatic nitrogens is 4. The van der Waals surface area contributed by atoms with Crippen molar-refractivity contribution >= 4 is 11.5 Å². The molecule has 0 aliphatic carbocycles. The average Bonchev–Trinajstić information content (AvgIpc) is 3.60. The molecule has 0 spiro atoms. The number of anilines is 1. The molecule has 0 amide bonds. The molecule has 1 atom stereocenters. The minimum Gasteiger partial charge on any atom is -0.491 e. The molecule has 9 nitrogen and oxygen atoms in total. The number of ether oxygens (including phenoxy) is 2. The van der Waals surface area contributed by atoms with E-state index in [0.29, 0.717) is 23.9 Å². The number of pyridine rings is 1. The number of imidazole rings is 1. The third-order valence-electron chi connectivity index (χ3n) is 5.65. The molecule has 3 aromatic heterocycles. The van der Waals surface area contributed by atoms with Gasteiger partial charge < -0.3 is 30.0 Å². The first-order valence-corrected chi connectivity index (χ1v) is 11.8. The van der Waals surface area contributed by atoms with Gasteiger partial charge in [-0.25, -0.2) is 15.0 Å². The van der Waals surface area contributed by atoms with Crippen LogP contribution in [0.4, 0.5) is 5.82 Å². The number of fused-ring (bicyclic) bond motifs is 1. The van der Waals surface area contributed by atoms with E-state index in [2.05, 4.69) is 15.3 Å². The summed E-state index contributed by atoms with van der Waals surface area (Å²) in [5.74, 6) is 1.57. The summed E-state index contributed by atoms with van der Waals surface area (Å²) >= 11 is 0. The maximum atomic E-state index is 9.85. The summed E-state index contributed by atoms with van der Waals surface area (Å²) < 4.78 is 12.6. The van der Waals surface area contributed by atoms with Crippen LogP contribution in [0.15, 0.2) is 55.0 Å². The van der Waals surface area contributed by atoms with Crippen molar-refractivity contribution in [2.75, 3.05) is 39.1 Å². The van der Waals surface area contributed by atoms with Crippen LogP contribution in [0.5, 0.6) is 5.75 Å². The summed E-state index contributed by atoms with van der Waals surface area (Å²) in [5.41, 5.74) is 10.4. The van der Waals surface area contributed by atoms with Gasteiger partial charge in [-0.1, -0.05) is 12.1 Å². The van der Waals surface area contributed by atoms with E-state index in [1.165, 1.54) is 12.8 Å². The minimum atomic E-state index is -0.588. The Morgan fingerprint density at radius 3 is 2.74 bits per heavy atom. The largest absolute Gasteiger partial charge is 0.491 e. The van der Waals surface area contributed by atoms with Crippen LogP contribution in [0, 0.1) is 6.92 Å². The fraction of sp³-hybridized carbons (Fsp3) is 0.346. The molecular weight excluding hydrogens is 444 g/mol. The highest BCUT2D eigenvalue weighted by Crippen LogP contribution is 2.29. The van der Waals surface area contributed by atoms with E-state index in [1.807, 2.05) is 60.1 Å². The lowest BCUT2D eigenvalue weighted by molar-refractivity contribution is 0.108. The molecule has 1 unspecified atom stereocenters. The number of benzene rings is 1. The lowest BCUT2D eigenvalue weighted by Gasteiger charge is -2.13. The first kappa shape index (κ1) is 24.6. The highest BCUT2D eigenvalue weighted by atomic mass is 16.5. The van der Waals surface area contributed by atoms with Crippen LogP contribution >= 0.6 is 0 Å². The molecule has 4 heterocycles. The zero-order chi connectivity index (χ0) is 24.6. The van der Waals surface area contributed by atoms with E-state index in [0.717, 1.165) is 41.2 Å². The summed E-state index contributed by atoms with van der Waals surface area (Å²) in [6.45, 7) is 4.56. The molecule has 1 aromatic carbocycles. The zero-order valence-corrected chi connectivity index (χ0v) is 20.1. The van der Waals surface area contributed by atoms with E-state index in [4.69, 9.17) is 20.2 Å². The summed E-state index contributed by atoms with van der Waals surface area (Å²) in [7, 11) is 1.78. The zero-order valence-electron chi connectivity index (χ0n) is 20.1. The third-order valence-corrected chi connectivity index (χ3v) is 5.65. The maximum Gasteiger partial charge on any atom is 0.162 e. The number of hydrogen-bond donors (Lipinski definition) is 3. The van der Waals surface area contributed by atoms with Gasteiger partial charge >= 0.3 is 0 Å². The molecular formula is C26H32N6O3. The number of aliphatic hydroxyl groups is 1. The number of nitrogen functional groups attached to an aromatic ring is 1. The first-order chi connectivity index (χ1) is 17.0. The highest BCUT2D eigenvalue weighted by molar-refractivity contribution is 5.72. The van der Waals surface area contributed by atoms with Gasteiger partial charge in [-0.15, -0.1) is 0 Å². The molecule has 5 rings (SSSR count). The van der Waals surface area contributed by atoms with E-state index in [9.17, 15) is 5.11 Å². The van der Waals surface area contributed by atoms with Gasteiger partial charge in [0.1, 0.15) is 29.9 Å². The van der Waals surface area contributed by atoms with Gasteiger partial charge in [-0.2, -0.15) is 0 Å². The lowest BCUT2D eigenvalue weighted by Crippen LogP contribution is -2.29. The molecule has 1 aliphatic heterocycles. The van der Waals surface area contributed by atoms with Crippen LogP contribution in [-0.4, -0.2) is 64.0 Å². The van der Waals surface area contributed by atoms with Crippen LogP contribution in [0.3, 0.4) is 0 Å². The molecule has 1 fully saturated rings. The van der Waals surface area contributed by atoms with Gasteiger partial charge in [0, 0.05) is 55.0 Å². The van der Waals surface area contributed by atoms with Crippen LogP contribution in [0.1, 0.15) is 18.4 Å². The number of likely N-dealkylation sites (N-methyl/N-ethyl adjacent to an activating group) is 1. The van der Waals surface area contributed by atoms with Crippen molar-refractivity contribution in [2.24, 2.45) is 0 Å². The number of nitrogens with one attached hydrogen (secondary N) is 1. The molecule has 0 saturated carbocycles. The van der Waals surface area contributed by atoms with Crippen molar-refractivity contribution in [3.8, 4) is 28.4 Å². The fourth-order valence-corrected chi connectivity index (χ4v) is 3.73. The Kier molecular flexibility index (Phi) is 8.25. The van der Waals surface area contributed by atoms with Crippen LogP contribution in [0.2, 0.25) is 0 Å². The molecule has 0 bridgehead atoms. The second kappa shape index (κ2) is 11.7. The number of hydrogen-bond acceptors (Lipinski definition) is 8. The molecule has 1 aliphatic rings. The van der Waals surface area contributed by atoms with E-state index < -0.39 is 6.10 Å². The molecule has 4 N–H and O–H groups in total. The van der Waals surface area contributed by atoms with E-state index in [1.54, 1.807) is 13.2 Å². The average molecular weight is 477 g/mol. The van der Waals surface area contributed by atoms with Gasteiger partial charge in [0.05, 0.1) is 5.69 Å². The van der Waals surface area contributed by atoms with Crippen molar-refractivity contribution in [3.05, 3.63) is 60.6 Å². The smallest absolute Gasteiger partial charge is 0.162 e. The molecule has 184 valence electrons. The van der Waals surface area contributed by atoms with Gasteiger partial charge in [0.25, 0.3) is 0 Å². The molecule has 9 heteroatoms. The quantitative estimate of drug-likeness (QED) is 0.372.